The van der Waals surface area contributed by atoms with E-state index in [1.807, 2.05) is 61.0 Å². The van der Waals surface area contributed by atoms with E-state index in [-0.39, 0.29) is 18.0 Å². The number of para-hydroxylation sites is 1. The molecule has 0 radical (unpaired) electrons. The standard InChI is InChI=1S/C22H18BrN5O/c1-14(2)21-26-19-8-7-16(23)11-18(19)22(29)28(21)25-12-15-13-27(10-9-24)20-6-4-3-5-17(15)20/h3-8,11-14H,10H2,1-2H3. The van der Waals surface area contributed by atoms with Gasteiger partial charge in [0.25, 0.3) is 5.56 Å². The molecule has 0 spiro atoms. The van der Waals surface area contributed by atoms with Crippen LogP contribution in [0.5, 0.6) is 0 Å². The SMILES string of the molecule is CC(C)c1nc2ccc(Br)cc2c(=O)n1N=Cc1cn(CC#N)c2ccccc12. The van der Waals surface area contributed by atoms with E-state index in [4.69, 9.17) is 5.26 Å². The van der Waals surface area contributed by atoms with E-state index in [1.165, 1.54) is 4.68 Å². The summed E-state index contributed by atoms with van der Waals surface area (Å²) in [7, 11) is 0. The van der Waals surface area contributed by atoms with Crippen LogP contribution in [0.3, 0.4) is 0 Å². The monoisotopic (exact) mass is 447 g/mol. The van der Waals surface area contributed by atoms with Crippen LogP contribution >= 0.6 is 15.9 Å². The van der Waals surface area contributed by atoms with Crippen molar-refractivity contribution in [3.63, 3.8) is 0 Å². The van der Waals surface area contributed by atoms with Crippen LogP contribution in [0.4, 0.5) is 0 Å². The number of rotatable bonds is 4. The molecule has 0 aliphatic rings. The van der Waals surface area contributed by atoms with Crippen molar-refractivity contribution in [2.45, 2.75) is 26.3 Å². The summed E-state index contributed by atoms with van der Waals surface area (Å²) in [6, 6.07) is 15.5. The highest BCUT2D eigenvalue weighted by atomic mass is 79.9. The molecule has 2 aromatic heterocycles. The molecular weight excluding hydrogens is 430 g/mol. The summed E-state index contributed by atoms with van der Waals surface area (Å²) in [6.45, 7) is 4.21. The Labute approximate surface area is 175 Å². The first kappa shape index (κ1) is 19.1. The van der Waals surface area contributed by atoms with Gasteiger partial charge in [0.15, 0.2) is 0 Å². The van der Waals surface area contributed by atoms with Crippen LogP contribution in [0.2, 0.25) is 0 Å². The Morgan fingerprint density at radius 2 is 2.03 bits per heavy atom. The topological polar surface area (TPSA) is 76.0 Å². The predicted octanol–water partition coefficient (Wildman–Crippen LogP) is 4.64. The van der Waals surface area contributed by atoms with Crippen molar-refractivity contribution >= 4 is 44.0 Å². The third kappa shape index (κ3) is 3.47. The molecule has 0 saturated carbocycles. The molecule has 0 aliphatic carbocycles. The molecule has 4 aromatic rings. The molecule has 0 N–H and O–H groups in total. The fourth-order valence-electron chi connectivity index (χ4n) is 3.36. The minimum absolute atomic E-state index is 0.0211. The molecule has 0 fully saturated rings. The van der Waals surface area contributed by atoms with Gasteiger partial charge in [-0.25, -0.2) is 4.98 Å². The molecule has 144 valence electrons. The number of halogens is 1. The number of nitrogens with zero attached hydrogens (tertiary/aromatic N) is 5. The number of aromatic nitrogens is 3. The van der Waals surface area contributed by atoms with Crippen molar-refractivity contribution in [1.29, 1.82) is 5.26 Å². The van der Waals surface area contributed by atoms with E-state index < -0.39 is 0 Å². The van der Waals surface area contributed by atoms with E-state index in [9.17, 15) is 4.79 Å². The van der Waals surface area contributed by atoms with E-state index in [0.29, 0.717) is 16.7 Å². The number of hydrogen-bond donors (Lipinski definition) is 0. The lowest BCUT2D eigenvalue weighted by molar-refractivity contribution is 0.665. The highest BCUT2D eigenvalue weighted by molar-refractivity contribution is 9.10. The van der Waals surface area contributed by atoms with Crippen molar-refractivity contribution in [3.8, 4) is 6.07 Å². The third-order valence-electron chi connectivity index (χ3n) is 4.72. The second-order valence-electron chi connectivity index (χ2n) is 7.04. The first-order valence-corrected chi connectivity index (χ1v) is 10.0. The Morgan fingerprint density at radius 1 is 1.24 bits per heavy atom. The van der Waals surface area contributed by atoms with Gasteiger partial charge in [0.05, 0.1) is 23.2 Å². The van der Waals surface area contributed by atoms with Gasteiger partial charge in [-0.2, -0.15) is 15.0 Å². The third-order valence-corrected chi connectivity index (χ3v) is 5.22. The fourth-order valence-corrected chi connectivity index (χ4v) is 3.72. The normalized spacial score (nSPS) is 11.7. The Bertz CT molecular complexity index is 1360. The van der Waals surface area contributed by atoms with Crippen LogP contribution in [-0.4, -0.2) is 20.4 Å². The maximum Gasteiger partial charge on any atom is 0.282 e. The lowest BCUT2D eigenvalue weighted by Crippen LogP contribution is -2.23. The van der Waals surface area contributed by atoms with Crippen LogP contribution in [0.25, 0.3) is 21.8 Å². The van der Waals surface area contributed by atoms with Crippen molar-refractivity contribution in [2.75, 3.05) is 0 Å². The quantitative estimate of drug-likeness (QED) is 0.427. The average Bonchev–Trinajstić information content (AvgIpc) is 3.05. The zero-order chi connectivity index (χ0) is 20.5. The minimum atomic E-state index is -0.211. The van der Waals surface area contributed by atoms with Crippen LogP contribution in [0.15, 0.2) is 63.0 Å². The molecule has 4 rings (SSSR count). The molecule has 0 atom stereocenters. The van der Waals surface area contributed by atoms with Crippen molar-refractivity contribution in [3.05, 3.63) is 74.9 Å². The fraction of sp³-hybridized carbons (Fsp3) is 0.182. The molecular formula is C22H18BrN5O. The van der Waals surface area contributed by atoms with Gasteiger partial charge < -0.3 is 4.57 Å². The highest BCUT2D eigenvalue weighted by Crippen LogP contribution is 2.21. The maximum atomic E-state index is 13.1. The summed E-state index contributed by atoms with van der Waals surface area (Å²) in [4.78, 5) is 17.8. The number of benzene rings is 2. The van der Waals surface area contributed by atoms with E-state index >= 15 is 0 Å². The van der Waals surface area contributed by atoms with E-state index in [0.717, 1.165) is 20.9 Å². The molecule has 0 bridgehead atoms. The van der Waals surface area contributed by atoms with Gasteiger partial charge in [-0.05, 0) is 24.3 Å². The minimum Gasteiger partial charge on any atom is -0.333 e. The van der Waals surface area contributed by atoms with Crippen molar-refractivity contribution in [1.82, 2.24) is 14.2 Å². The summed E-state index contributed by atoms with van der Waals surface area (Å²) in [6.07, 6.45) is 3.54. The summed E-state index contributed by atoms with van der Waals surface area (Å²) < 4.78 is 4.06. The van der Waals surface area contributed by atoms with Crippen molar-refractivity contribution in [2.24, 2.45) is 5.10 Å². The number of hydrogen-bond acceptors (Lipinski definition) is 4. The van der Waals surface area contributed by atoms with Gasteiger partial charge in [-0.3, -0.25) is 4.79 Å². The first-order chi connectivity index (χ1) is 14.0. The van der Waals surface area contributed by atoms with Gasteiger partial charge in [0.2, 0.25) is 0 Å². The maximum absolute atomic E-state index is 13.1. The Morgan fingerprint density at radius 3 is 2.79 bits per heavy atom. The lowest BCUT2D eigenvalue weighted by Gasteiger charge is -2.11. The largest absolute Gasteiger partial charge is 0.333 e. The van der Waals surface area contributed by atoms with E-state index in [1.54, 1.807) is 12.3 Å². The molecule has 0 unspecified atom stereocenters. The first-order valence-electron chi connectivity index (χ1n) is 9.21. The highest BCUT2D eigenvalue weighted by Gasteiger charge is 2.14. The van der Waals surface area contributed by atoms with Gasteiger partial charge in [0.1, 0.15) is 12.4 Å². The van der Waals surface area contributed by atoms with Crippen LogP contribution in [-0.2, 0) is 6.54 Å². The molecule has 0 saturated heterocycles. The summed E-state index contributed by atoms with van der Waals surface area (Å²) in [5.74, 6) is 0.620. The summed E-state index contributed by atoms with van der Waals surface area (Å²) in [5.41, 5.74) is 2.23. The molecule has 2 aromatic carbocycles. The van der Waals surface area contributed by atoms with Gasteiger partial charge in [-0.1, -0.05) is 48.0 Å². The van der Waals surface area contributed by atoms with Crippen LogP contribution in [0, 0.1) is 11.3 Å². The smallest absolute Gasteiger partial charge is 0.282 e. The lowest BCUT2D eigenvalue weighted by atomic mass is 10.2. The second-order valence-corrected chi connectivity index (χ2v) is 7.95. The number of fused-ring (bicyclic) bond motifs is 2. The predicted molar refractivity (Wildman–Crippen MR) is 118 cm³/mol. The van der Waals surface area contributed by atoms with Crippen LogP contribution in [0.1, 0.15) is 31.2 Å². The summed E-state index contributed by atoms with van der Waals surface area (Å²) in [5, 5.41) is 15.1. The Kier molecular flexibility index (Phi) is 5.03. The van der Waals surface area contributed by atoms with Gasteiger partial charge in [0, 0.05) is 33.1 Å². The average molecular weight is 448 g/mol. The summed E-state index contributed by atoms with van der Waals surface area (Å²) >= 11 is 3.42. The second kappa shape index (κ2) is 7.64. The molecule has 6 nitrogen and oxygen atoms in total. The van der Waals surface area contributed by atoms with Gasteiger partial charge in [-0.15, -0.1) is 0 Å². The molecule has 29 heavy (non-hydrogen) atoms. The van der Waals surface area contributed by atoms with Crippen molar-refractivity contribution < 1.29 is 0 Å². The molecule has 2 heterocycles. The van der Waals surface area contributed by atoms with Gasteiger partial charge >= 0.3 is 0 Å². The Hall–Kier alpha value is -3.24. The zero-order valence-corrected chi connectivity index (χ0v) is 17.6. The molecule has 7 heteroatoms. The Balaban J connectivity index is 1.90. The molecule has 0 aliphatic heterocycles. The zero-order valence-electron chi connectivity index (χ0n) is 16.0. The number of nitriles is 1. The van der Waals surface area contributed by atoms with E-state index in [2.05, 4.69) is 32.1 Å². The molecule has 0 amide bonds. The van der Waals surface area contributed by atoms with Crippen LogP contribution < -0.4 is 5.56 Å².